The van der Waals surface area contributed by atoms with Crippen molar-refractivity contribution < 1.29 is 0 Å². The lowest BCUT2D eigenvalue weighted by Crippen LogP contribution is -2.45. The highest BCUT2D eigenvalue weighted by Crippen LogP contribution is 2.44. The molecule has 1 spiro atoms. The first-order valence-electron chi connectivity index (χ1n) is 9.84. The number of rotatable bonds is 3. The van der Waals surface area contributed by atoms with E-state index in [-0.39, 0.29) is 0 Å². The standard InChI is InChI=1S/C19H37N3/c1-17(2)16-21-12-3-13-22(15-14-21)18-4-6-19(7-5-18)8-10-20-11-9-19/h17-18,20H,3-16H2,1-2H3. The Labute approximate surface area is 137 Å². The smallest absolute Gasteiger partial charge is 0.0112 e. The van der Waals surface area contributed by atoms with Crippen molar-refractivity contribution in [3.05, 3.63) is 0 Å². The van der Waals surface area contributed by atoms with Crippen LogP contribution >= 0.6 is 0 Å². The molecule has 2 aliphatic heterocycles. The van der Waals surface area contributed by atoms with Gasteiger partial charge in [-0.25, -0.2) is 0 Å². The van der Waals surface area contributed by atoms with Crippen molar-refractivity contribution in [2.45, 2.75) is 64.8 Å². The number of piperidine rings is 1. The van der Waals surface area contributed by atoms with Crippen molar-refractivity contribution in [2.24, 2.45) is 11.3 Å². The van der Waals surface area contributed by atoms with E-state index in [4.69, 9.17) is 0 Å². The third-order valence-corrected chi connectivity index (χ3v) is 6.44. The first kappa shape index (κ1) is 16.7. The summed E-state index contributed by atoms with van der Waals surface area (Å²) in [7, 11) is 0. The van der Waals surface area contributed by atoms with E-state index in [1.165, 1.54) is 90.8 Å². The number of nitrogens with one attached hydrogen (secondary N) is 1. The zero-order valence-corrected chi connectivity index (χ0v) is 14.9. The van der Waals surface area contributed by atoms with Gasteiger partial charge in [0.25, 0.3) is 0 Å². The molecule has 2 heterocycles. The van der Waals surface area contributed by atoms with Crippen LogP contribution in [0.5, 0.6) is 0 Å². The van der Waals surface area contributed by atoms with Crippen LogP contribution < -0.4 is 5.32 Å². The summed E-state index contributed by atoms with van der Waals surface area (Å²) in [5.74, 6) is 0.806. The highest BCUT2D eigenvalue weighted by atomic mass is 15.2. The second-order valence-corrected chi connectivity index (χ2v) is 8.57. The normalized spacial score (nSPS) is 29.0. The molecule has 3 heteroatoms. The van der Waals surface area contributed by atoms with Gasteiger partial charge in [0, 0.05) is 25.7 Å². The predicted octanol–water partition coefficient (Wildman–Crippen LogP) is 2.96. The van der Waals surface area contributed by atoms with Crippen LogP contribution in [0, 0.1) is 11.3 Å². The summed E-state index contributed by atoms with van der Waals surface area (Å²) in [4.78, 5) is 5.54. The van der Waals surface area contributed by atoms with Gasteiger partial charge in [-0.2, -0.15) is 0 Å². The fraction of sp³-hybridized carbons (Fsp3) is 1.00. The van der Waals surface area contributed by atoms with Crippen LogP contribution in [0.15, 0.2) is 0 Å². The molecule has 22 heavy (non-hydrogen) atoms. The van der Waals surface area contributed by atoms with Crippen molar-refractivity contribution in [1.82, 2.24) is 15.1 Å². The van der Waals surface area contributed by atoms with E-state index in [9.17, 15) is 0 Å². The average molecular weight is 308 g/mol. The Balaban J connectivity index is 1.47. The van der Waals surface area contributed by atoms with Gasteiger partial charge in [0.05, 0.1) is 0 Å². The van der Waals surface area contributed by atoms with E-state index in [0.29, 0.717) is 0 Å². The molecule has 0 unspecified atom stereocenters. The largest absolute Gasteiger partial charge is 0.317 e. The van der Waals surface area contributed by atoms with Gasteiger partial charge in [-0.1, -0.05) is 13.8 Å². The summed E-state index contributed by atoms with van der Waals surface area (Å²) in [6.07, 6.45) is 10.1. The second kappa shape index (κ2) is 7.63. The Morgan fingerprint density at radius 2 is 1.68 bits per heavy atom. The Hall–Kier alpha value is -0.120. The molecule has 3 fully saturated rings. The minimum Gasteiger partial charge on any atom is -0.317 e. The highest BCUT2D eigenvalue weighted by Gasteiger charge is 2.37. The maximum atomic E-state index is 3.54. The van der Waals surface area contributed by atoms with E-state index >= 15 is 0 Å². The van der Waals surface area contributed by atoms with Crippen molar-refractivity contribution >= 4 is 0 Å². The Bertz CT molecular complexity index is 326. The van der Waals surface area contributed by atoms with Crippen molar-refractivity contribution in [3.8, 4) is 0 Å². The maximum absolute atomic E-state index is 3.54. The predicted molar refractivity (Wildman–Crippen MR) is 94.3 cm³/mol. The molecule has 0 bridgehead atoms. The van der Waals surface area contributed by atoms with Gasteiger partial charge in [-0.3, -0.25) is 4.90 Å². The fourth-order valence-corrected chi connectivity index (χ4v) is 5.09. The zero-order chi connectivity index (χ0) is 15.4. The molecule has 1 N–H and O–H groups in total. The van der Waals surface area contributed by atoms with E-state index in [1.807, 2.05) is 0 Å². The summed E-state index contributed by atoms with van der Waals surface area (Å²) >= 11 is 0. The molecule has 3 rings (SSSR count). The lowest BCUT2D eigenvalue weighted by atomic mass is 9.67. The highest BCUT2D eigenvalue weighted by molar-refractivity contribution is 4.92. The number of nitrogens with zero attached hydrogens (tertiary/aromatic N) is 2. The van der Waals surface area contributed by atoms with E-state index in [2.05, 4.69) is 29.0 Å². The second-order valence-electron chi connectivity index (χ2n) is 8.57. The van der Waals surface area contributed by atoms with Crippen LogP contribution in [0.25, 0.3) is 0 Å². The summed E-state index contributed by atoms with van der Waals surface area (Å²) in [6.45, 7) is 13.8. The zero-order valence-electron chi connectivity index (χ0n) is 14.9. The molecular weight excluding hydrogens is 270 g/mol. The number of hydrogen-bond donors (Lipinski definition) is 1. The lowest BCUT2D eigenvalue weighted by molar-refractivity contribution is 0.0667. The van der Waals surface area contributed by atoms with Crippen molar-refractivity contribution in [3.63, 3.8) is 0 Å². The summed E-state index contributed by atoms with van der Waals surface area (Å²) < 4.78 is 0. The van der Waals surface area contributed by atoms with Gasteiger partial charge in [0.1, 0.15) is 0 Å². The Kier molecular flexibility index (Phi) is 5.80. The molecule has 0 amide bonds. The van der Waals surface area contributed by atoms with E-state index in [0.717, 1.165) is 17.4 Å². The van der Waals surface area contributed by atoms with Gasteiger partial charge < -0.3 is 10.2 Å². The van der Waals surface area contributed by atoms with Gasteiger partial charge in [-0.15, -0.1) is 0 Å². The van der Waals surface area contributed by atoms with Crippen LogP contribution in [0.2, 0.25) is 0 Å². The minimum atomic E-state index is 0.720. The van der Waals surface area contributed by atoms with Crippen LogP contribution in [-0.4, -0.2) is 61.7 Å². The molecule has 128 valence electrons. The SMILES string of the molecule is CC(C)CN1CCCN(C2CCC3(CCNCC3)CC2)CC1. The third-order valence-electron chi connectivity index (χ3n) is 6.44. The first-order valence-corrected chi connectivity index (χ1v) is 9.84. The van der Waals surface area contributed by atoms with Crippen LogP contribution in [0.1, 0.15) is 58.8 Å². The monoisotopic (exact) mass is 307 g/mol. The molecule has 0 aromatic rings. The molecule has 3 aliphatic rings. The average Bonchev–Trinajstić information content (AvgIpc) is 2.74. The fourth-order valence-electron chi connectivity index (χ4n) is 5.09. The van der Waals surface area contributed by atoms with Gasteiger partial charge in [0.15, 0.2) is 0 Å². The molecule has 2 saturated heterocycles. The molecule has 1 saturated carbocycles. The van der Waals surface area contributed by atoms with Gasteiger partial charge in [-0.05, 0) is 82.5 Å². The first-order chi connectivity index (χ1) is 10.7. The lowest BCUT2D eigenvalue weighted by Gasteiger charge is -2.45. The molecular formula is C19H37N3. The topological polar surface area (TPSA) is 18.5 Å². The molecule has 0 aromatic carbocycles. The molecule has 0 atom stereocenters. The van der Waals surface area contributed by atoms with E-state index < -0.39 is 0 Å². The summed E-state index contributed by atoms with van der Waals surface area (Å²) in [5.41, 5.74) is 0.720. The molecule has 0 aromatic heterocycles. The molecule has 0 radical (unpaired) electrons. The van der Waals surface area contributed by atoms with Crippen molar-refractivity contribution in [1.29, 1.82) is 0 Å². The van der Waals surface area contributed by atoms with Crippen LogP contribution in [0.3, 0.4) is 0 Å². The van der Waals surface area contributed by atoms with Gasteiger partial charge >= 0.3 is 0 Å². The minimum absolute atomic E-state index is 0.720. The van der Waals surface area contributed by atoms with Gasteiger partial charge in [0.2, 0.25) is 0 Å². The maximum Gasteiger partial charge on any atom is 0.0112 e. The van der Waals surface area contributed by atoms with E-state index in [1.54, 1.807) is 0 Å². The van der Waals surface area contributed by atoms with Crippen LogP contribution in [0.4, 0.5) is 0 Å². The summed E-state index contributed by atoms with van der Waals surface area (Å²) in [5, 5.41) is 3.54. The molecule has 1 aliphatic carbocycles. The Morgan fingerprint density at radius 1 is 0.955 bits per heavy atom. The molecule has 3 nitrogen and oxygen atoms in total. The van der Waals surface area contributed by atoms with Crippen LogP contribution in [-0.2, 0) is 0 Å². The van der Waals surface area contributed by atoms with Crippen molar-refractivity contribution in [2.75, 3.05) is 45.8 Å². The number of hydrogen-bond acceptors (Lipinski definition) is 3. The quantitative estimate of drug-likeness (QED) is 0.865. The summed E-state index contributed by atoms with van der Waals surface area (Å²) in [6, 6.07) is 0.888. The Morgan fingerprint density at radius 3 is 2.36 bits per heavy atom. The third kappa shape index (κ3) is 4.24.